The number of hydrogen-bond donors (Lipinski definition) is 1. The highest BCUT2D eigenvalue weighted by Gasteiger charge is 2.06. The van der Waals surface area contributed by atoms with E-state index in [-0.39, 0.29) is 13.2 Å². The lowest BCUT2D eigenvalue weighted by Gasteiger charge is -1.95. The first-order valence-corrected chi connectivity index (χ1v) is 5.33. The molecule has 90 valence electrons. The van der Waals surface area contributed by atoms with Crippen LogP contribution in [0.25, 0.3) is 0 Å². The highest BCUT2D eigenvalue weighted by molar-refractivity contribution is 5.67. The Balaban J connectivity index is 2.25. The van der Waals surface area contributed by atoms with Crippen LogP contribution >= 0.6 is 0 Å². The summed E-state index contributed by atoms with van der Waals surface area (Å²) >= 11 is 0. The largest absolute Gasteiger partial charge is 0.480 e. The predicted molar refractivity (Wildman–Crippen MR) is 54.8 cm³/mol. The monoisotopic (exact) mass is 228 g/mol. The summed E-state index contributed by atoms with van der Waals surface area (Å²) in [6.07, 6.45) is 4.06. The van der Waals surface area contributed by atoms with E-state index in [0.717, 1.165) is 25.7 Å². The second-order valence-electron chi connectivity index (χ2n) is 3.43. The molecule has 1 N–H and O–H groups in total. The number of carboxylic acid groups (broad SMARTS) is 1. The van der Waals surface area contributed by atoms with Crippen molar-refractivity contribution in [3.05, 3.63) is 11.8 Å². The van der Waals surface area contributed by atoms with Crippen molar-refractivity contribution in [3.8, 4) is 0 Å². The zero-order valence-electron chi connectivity index (χ0n) is 9.31. The van der Waals surface area contributed by atoms with Gasteiger partial charge in [0.2, 0.25) is 11.8 Å². The molecule has 1 aromatic heterocycles. The summed E-state index contributed by atoms with van der Waals surface area (Å²) in [6.45, 7) is 1.82. The number of nitrogens with zero attached hydrogens (tertiary/aromatic N) is 2. The first-order chi connectivity index (χ1) is 7.72. The molecule has 1 heterocycles. The Kier molecular flexibility index (Phi) is 5.49. The lowest BCUT2D eigenvalue weighted by atomic mass is 10.2. The summed E-state index contributed by atoms with van der Waals surface area (Å²) in [5.41, 5.74) is 0. The molecule has 0 unspecified atom stereocenters. The topological polar surface area (TPSA) is 85.5 Å². The van der Waals surface area contributed by atoms with Gasteiger partial charge in [-0.3, -0.25) is 0 Å². The van der Waals surface area contributed by atoms with Crippen molar-refractivity contribution < 1.29 is 19.1 Å². The molecule has 0 amide bonds. The summed E-state index contributed by atoms with van der Waals surface area (Å²) in [4.78, 5) is 10.2. The van der Waals surface area contributed by atoms with Crippen LogP contribution in [-0.2, 0) is 22.6 Å². The van der Waals surface area contributed by atoms with E-state index >= 15 is 0 Å². The molecule has 1 aromatic rings. The number of rotatable bonds is 8. The summed E-state index contributed by atoms with van der Waals surface area (Å²) in [5, 5.41) is 15.9. The molecule has 0 aliphatic carbocycles. The van der Waals surface area contributed by atoms with Crippen LogP contribution < -0.4 is 0 Å². The molecule has 1 rings (SSSR count). The molecule has 0 spiro atoms. The molecule has 0 saturated carbocycles. The van der Waals surface area contributed by atoms with Crippen molar-refractivity contribution in [2.75, 3.05) is 6.61 Å². The number of hydrogen-bond acceptors (Lipinski definition) is 5. The number of aromatic nitrogens is 2. The van der Waals surface area contributed by atoms with Crippen LogP contribution in [0.3, 0.4) is 0 Å². The molecule has 0 saturated heterocycles. The zero-order valence-corrected chi connectivity index (χ0v) is 9.31. The van der Waals surface area contributed by atoms with Crippen molar-refractivity contribution >= 4 is 5.97 Å². The van der Waals surface area contributed by atoms with Gasteiger partial charge in [0.05, 0.1) is 0 Å². The maximum Gasteiger partial charge on any atom is 0.329 e. The SMILES string of the molecule is CCCCCc1nnc(COCC(=O)O)o1. The third-order valence-electron chi connectivity index (χ3n) is 1.95. The molecule has 0 radical (unpaired) electrons. The Morgan fingerprint density at radius 2 is 2.12 bits per heavy atom. The van der Waals surface area contributed by atoms with E-state index in [2.05, 4.69) is 17.1 Å². The molecular weight excluding hydrogens is 212 g/mol. The lowest BCUT2D eigenvalue weighted by molar-refractivity contribution is -0.142. The Labute approximate surface area is 93.6 Å². The van der Waals surface area contributed by atoms with E-state index in [4.69, 9.17) is 14.3 Å². The average molecular weight is 228 g/mol. The van der Waals surface area contributed by atoms with Crippen LogP contribution in [0.5, 0.6) is 0 Å². The van der Waals surface area contributed by atoms with Crippen LogP contribution in [0, 0.1) is 0 Å². The highest BCUT2D eigenvalue weighted by atomic mass is 16.5. The Morgan fingerprint density at radius 1 is 1.38 bits per heavy atom. The van der Waals surface area contributed by atoms with E-state index in [0.29, 0.717) is 11.8 Å². The smallest absolute Gasteiger partial charge is 0.329 e. The molecule has 16 heavy (non-hydrogen) atoms. The second kappa shape index (κ2) is 6.95. The van der Waals surface area contributed by atoms with Crippen LogP contribution in [0.1, 0.15) is 38.0 Å². The fourth-order valence-electron chi connectivity index (χ4n) is 1.20. The van der Waals surface area contributed by atoms with Gasteiger partial charge in [0.15, 0.2) is 0 Å². The first kappa shape index (κ1) is 12.6. The van der Waals surface area contributed by atoms with Gasteiger partial charge >= 0.3 is 5.97 Å². The van der Waals surface area contributed by atoms with Crippen LogP contribution in [0.2, 0.25) is 0 Å². The van der Waals surface area contributed by atoms with Crippen LogP contribution in [0.15, 0.2) is 4.42 Å². The van der Waals surface area contributed by atoms with E-state index in [1.54, 1.807) is 0 Å². The average Bonchev–Trinajstić information content (AvgIpc) is 2.66. The van der Waals surface area contributed by atoms with Crippen molar-refractivity contribution in [2.45, 2.75) is 39.2 Å². The number of ether oxygens (including phenoxy) is 1. The highest BCUT2D eigenvalue weighted by Crippen LogP contribution is 2.06. The summed E-state index contributed by atoms with van der Waals surface area (Å²) in [6, 6.07) is 0. The van der Waals surface area contributed by atoms with Crippen LogP contribution in [-0.4, -0.2) is 27.9 Å². The van der Waals surface area contributed by atoms with Crippen molar-refractivity contribution in [1.29, 1.82) is 0 Å². The van der Waals surface area contributed by atoms with E-state index in [1.807, 2.05) is 0 Å². The van der Waals surface area contributed by atoms with Gasteiger partial charge in [0.25, 0.3) is 0 Å². The normalized spacial score (nSPS) is 10.6. The van der Waals surface area contributed by atoms with Crippen molar-refractivity contribution in [1.82, 2.24) is 10.2 Å². The maximum atomic E-state index is 10.2. The molecule has 0 aliphatic heterocycles. The van der Waals surface area contributed by atoms with Crippen LogP contribution in [0.4, 0.5) is 0 Å². The maximum absolute atomic E-state index is 10.2. The molecule has 0 aromatic carbocycles. The fraction of sp³-hybridized carbons (Fsp3) is 0.700. The molecule has 0 atom stereocenters. The Bertz CT molecular complexity index is 324. The summed E-state index contributed by atoms with van der Waals surface area (Å²) < 4.78 is 10.1. The predicted octanol–water partition coefficient (Wildman–Crippen LogP) is 1.40. The minimum absolute atomic E-state index is 0.0487. The summed E-state index contributed by atoms with van der Waals surface area (Å²) in [5.74, 6) is -0.0993. The van der Waals surface area contributed by atoms with E-state index in [1.165, 1.54) is 0 Å². The van der Waals surface area contributed by atoms with Gasteiger partial charge in [0, 0.05) is 6.42 Å². The zero-order chi connectivity index (χ0) is 11.8. The van der Waals surface area contributed by atoms with Gasteiger partial charge in [-0.1, -0.05) is 19.8 Å². The van der Waals surface area contributed by atoms with E-state index in [9.17, 15) is 4.79 Å². The second-order valence-corrected chi connectivity index (χ2v) is 3.43. The van der Waals surface area contributed by atoms with Gasteiger partial charge in [-0.05, 0) is 6.42 Å². The van der Waals surface area contributed by atoms with Gasteiger partial charge in [-0.15, -0.1) is 10.2 Å². The molecule has 0 aliphatic rings. The number of aryl methyl sites for hydroxylation is 1. The Hall–Kier alpha value is -1.43. The Morgan fingerprint density at radius 3 is 2.81 bits per heavy atom. The molecule has 0 bridgehead atoms. The number of carboxylic acids is 1. The van der Waals surface area contributed by atoms with Gasteiger partial charge in [-0.25, -0.2) is 4.79 Å². The number of unbranched alkanes of at least 4 members (excludes halogenated alkanes) is 2. The minimum Gasteiger partial charge on any atom is -0.480 e. The van der Waals surface area contributed by atoms with Gasteiger partial charge in [0.1, 0.15) is 13.2 Å². The number of carbonyl (C=O) groups is 1. The third-order valence-corrected chi connectivity index (χ3v) is 1.95. The van der Waals surface area contributed by atoms with Crippen molar-refractivity contribution in [2.24, 2.45) is 0 Å². The van der Waals surface area contributed by atoms with Gasteiger partial charge in [-0.2, -0.15) is 0 Å². The third kappa shape index (κ3) is 4.88. The molecule has 6 nitrogen and oxygen atoms in total. The quantitative estimate of drug-likeness (QED) is 0.677. The number of aliphatic carboxylic acids is 1. The molecule has 0 fully saturated rings. The molecule has 6 heteroatoms. The van der Waals surface area contributed by atoms with E-state index < -0.39 is 5.97 Å². The van der Waals surface area contributed by atoms with Crippen molar-refractivity contribution in [3.63, 3.8) is 0 Å². The lowest BCUT2D eigenvalue weighted by Crippen LogP contribution is -2.06. The minimum atomic E-state index is -1.01. The molecular formula is C10H16N2O4. The summed E-state index contributed by atoms with van der Waals surface area (Å²) in [7, 11) is 0. The standard InChI is InChI=1S/C10H16N2O4/c1-2-3-4-5-8-11-12-9(16-8)6-15-7-10(13)14/h2-7H2,1H3,(H,13,14). The first-order valence-electron chi connectivity index (χ1n) is 5.33. The fourth-order valence-corrected chi connectivity index (χ4v) is 1.20. The van der Waals surface area contributed by atoms with Gasteiger partial charge < -0.3 is 14.3 Å².